The van der Waals surface area contributed by atoms with Gasteiger partial charge in [0.25, 0.3) is 0 Å². The molecule has 72 valence electrons. The molecule has 1 saturated carbocycles. The van der Waals surface area contributed by atoms with Gasteiger partial charge in [0.15, 0.2) is 0 Å². The fourth-order valence-electron chi connectivity index (χ4n) is 2.46. The Labute approximate surface area is 74.6 Å². The fourth-order valence-corrected chi connectivity index (χ4v) is 2.46. The van der Waals surface area contributed by atoms with Gasteiger partial charge in [-0.1, -0.05) is 20.3 Å². The van der Waals surface area contributed by atoms with Gasteiger partial charge in [0.2, 0.25) is 0 Å². The predicted octanol–water partition coefficient (Wildman–Crippen LogP) is 1.27. The molecule has 4 atom stereocenters. The highest BCUT2D eigenvalue weighted by atomic mass is 16.3. The minimum Gasteiger partial charge on any atom is -0.396 e. The smallest absolute Gasteiger partial charge is 0.0464 e. The second-order valence-electron chi connectivity index (χ2n) is 4.22. The lowest BCUT2D eigenvalue weighted by molar-refractivity contribution is 0.108. The maximum atomic E-state index is 9.17. The van der Waals surface area contributed by atoms with Crippen LogP contribution in [-0.2, 0) is 0 Å². The molecule has 2 N–H and O–H groups in total. The Balaban J connectivity index is 2.53. The van der Waals surface area contributed by atoms with E-state index in [1.165, 1.54) is 12.8 Å². The van der Waals surface area contributed by atoms with E-state index in [0.29, 0.717) is 23.7 Å². The van der Waals surface area contributed by atoms with Crippen molar-refractivity contribution < 1.29 is 10.2 Å². The van der Waals surface area contributed by atoms with Gasteiger partial charge in [0, 0.05) is 13.2 Å². The normalized spacial score (nSPS) is 38.5. The van der Waals surface area contributed by atoms with Gasteiger partial charge >= 0.3 is 0 Å². The highest BCUT2D eigenvalue weighted by Gasteiger charge is 2.35. The molecule has 1 aliphatic rings. The van der Waals surface area contributed by atoms with Crippen LogP contribution < -0.4 is 0 Å². The average Bonchev–Trinajstić information content (AvgIpc) is 2.45. The third-order valence-electron chi connectivity index (χ3n) is 3.47. The van der Waals surface area contributed by atoms with Crippen LogP contribution in [0.5, 0.6) is 0 Å². The maximum Gasteiger partial charge on any atom is 0.0464 e. The molecule has 1 unspecified atom stereocenters. The number of hydrogen-bond acceptors (Lipinski definition) is 2. The van der Waals surface area contributed by atoms with Crippen LogP contribution in [0.25, 0.3) is 0 Å². The molecule has 0 amide bonds. The summed E-state index contributed by atoms with van der Waals surface area (Å²) in [5, 5.41) is 18.2. The zero-order valence-electron chi connectivity index (χ0n) is 8.03. The maximum absolute atomic E-state index is 9.17. The van der Waals surface area contributed by atoms with E-state index in [4.69, 9.17) is 10.2 Å². The van der Waals surface area contributed by atoms with Gasteiger partial charge in [-0.25, -0.2) is 0 Å². The van der Waals surface area contributed by atoms with Crippen LogP contribution in [-0.4, -0.2) is 23.4 Å². The third-order valence-corrected chi connectivity index (χ3v) is 3.47. The van der Waals surface area contributed by atoms with Crippen molar-refractivity contribution in [2.24, 2.45) is 23.7 Å². The van der Waals surface area contributed by atoms with Crippen LogP contribution >= 0.6 is 0 Å². The van der Waals surface area contributed by atoms with Crippen molar-refractivity contribution in [3.63, 3.8) is 0 Å². The molecule has 1 aliphatic carbocycles. The lowest BCUT2D eigenvalue weighted by Crippen LogP contribution is -2.24. The third kappa shape index (κ3) is 1.80. The molecule has 0 saturated heterocycles. The van der Waals surface area contributed by atoms with E-state index in [1.807, 2.05) is 0 Å². The van der Waals surface area contributed by atoms with Crippen LogP contribution in [0.15, 0.2) is 0 Å². The second kappa shape index (κ2) is 4.24. The van der Waals surface area contributed by atoms with Crippen molar-refractivity contribution in [2.75, 3.05) is 13.2 Å². The predicted molar refractivity (Wildman–Crippen MR) is 48.7 cm³/mol. The molecule has 0 bridgehead atoms. The van der Waals surface area contributed by atoms with E-state index in [1.54, 1.807) is 0 Å². The van der Waals surface area contributed by atoms with E-state index >= 15 is 0 Å². The molecule has 2 heteroatoms. The minimum atomic E-state index is 0.258. The molecular formula is C10H20O2. The Hall–Kier alpha value is -0.0800. The van der Waals surface area contributed by atoms with Gasteiger partial charge in [0.1, 0.15) is 0 Å². The number of aliphatic hydroxyl groups is 2. The highest BCUT2D eigenvalue weighted by molar-refractivity contribution is 4.84. The fraction of sp³-hybridized carbons (Fsp3) is 1.00. The second-order valence-corrected chi connectivity index (χ2v) is 4.22. The molecule has 0 heterocycles. The molecule has 0 aliphatic heterocycles. The Morgan fingerprint density at radius 3 is 2.50 bits per heavy atom. The molecule has 2 nitrogen and oxygen atoms in total. The quantitative estimate of drug-likeness (QED) is 0.673. The monoisotopic (exact) mass is 172 g/mol. The molecular weight excluding hydrogens is 152 g/mol. The average molecular weight is 172 g/mol. The lowest BCUT2D eigenvalue weighted by Gasteiger charge is -2.24. The van der Waals surface area contributed by atoms with Gasteiger partial charge in [-0.15, -0.1) is 0 Å². The Kier molecular flexibility index (Phi) is 3.53. The summed E-state index contributed by atoms with van der Waals surface area (Å²) in [6, 6.07) is 0. The van der Waals surface area contributed by atoms with E-state index in [9.17, 15) is 0 Å². The van der Waals surface area contributed by atoms with Crippen LogP contribution in [0.3, 0.4) is 0 Å². The summed E-state index contributed by atoms with van der Waals surface area (Å²) >= 11 is 0. The van der Waals surface area contributed by atoms with Crippen LogP contribution in [0.1, 0.15) is 26.7 Å². The number of aliphatic hydroxyl groups excluding tert-OH is 2. The summed E-state index contributed by atoms with van der Waals surface area (Å²) in [4.78, 5) is 0. The summed E-state index contributed by atoms with van der Waals surface area (Å²) in [5.74, 6) is 1.95. The summed E-state index contributed by atoms with van der Waals surface area (Å²) in [6.07, 6.45) is 2.38. The molecule has 12 heavy (non-hydrogen) atoms. The Morgan fingerprint density at radius 1 is 1.33 bits per heavy atom. The van der Waals surface area contributed by atoms with Crippen molar-refractivity contribution in [3.05, 3.63) is 0 Å². The Bertz CT molecular complexity index is 136. The molecule has 0 aromatic heterocycles. The number of hydrogen-bond donors (Lipinski definition) is 2. The summed E-state index contributed by atoms with van der Waals surface area (Å²) in [5.41, 5.74) is 0. The van der Waals surface area contributed by atoms with Gasteiger partial charge in [0.05, 0.1) is 0 Å². The molecule has 0 spiro atoms. The van der Waals surface area contributed by atoms with Crippen LogP contribution in [0, 0.1) is 23.7 Å². The lowest BCUT2D eigenvalue weighted by atomic mass is 9.83. The molecule has 1 fully saturated rings. The van der Waals surface area contributed by atoms with Gasteiger partial charge in [-0.05, 0) is 30.1 Å². The number of rotatable bonds is 3. The van der Waals surface area contributed by atoms with E-state index < -0.39 is 0 Å². The van der Waals surface area contributed by atoms with Crippen molar-refractivity contribution in [1.82, 2.24) is 0 Å². The van der Waals surface area contributed by atoms with E-state index in [2.05, 4.69) is 13.8 Å². The Morgan fingerprint density at radius 2 is 2.00 bits per heavy atom. The van der Waals surface area contributed by atoms with Crippen molar-refractivity contribution in [1.29, 1.82) is 0 Å². The zero-order valence-corrected chi connectivity index (χ0v) is 8.03. The van der Waals surface area contributed by atoms with E-state index in [0.717, 1.165) is 0 Å². The van der Waals surface area contributed by atoms with Gasteiger partial charge in [-0.2, -0.15) is 0 Å². The van der Waals surface area contributed by atoms with Crippen molar-refractivity contribution in [3.8, 4) is 0 Å². The summed E-state index contributed by atoms with van der Waals surface area (Å²) in [7, 11) is 0. The minimum absolute atomic E-state index is 0.258. The molecule has 0 aromatic rings. The molecule has 0 aromatic carbocycles. The SMILES string of the molecule is CC(CO)[C@H]1CC[C@H](C)[C@H]1CO. The zero-order chi connectivity index (χ0) is 9.14. The molecule has 0 radical (unpaired) electrons. The largest absolute Gasteiger partial charge is 0.396 e. The first-order chi connectivity index (χ1) is 5.70. The standard InChI is InChI=1S/C10H20O2/c1-7-3-4-9(8(2)5-11)10(7)6-12/h7-12H,3-6H2,1-2H3/t7-,8?,9+,10+/m0/s1. The summed E-state index contributed by atoms with van der Waals surface area (Å²) in [6.45, 7) is 4.82. The first kappa shape index (κ1) is 10.0. The molecule has 1 rings (SSSR count). The first-order valence-electron chi connectivity index (χ1n) is 4.92. The van der Waals surface area contributed by atoms with Crippen LogP contribution in [0.2, 0.25) is 0 Å². The topological polar surface area (TPSA) is 40.5 Å². The summed E-state index contributed by atoms with van der Waals surface area (Å²) < 4.78 is 0. The first-order valence-corrected chi connectivity index (χ1v) is 4.92. The highest BCUT2D eigenvalue weighted by Crippen LogP contribution is 2.40. The van der Waals surface area contributed by atoms with E-state index in [-0.39, 0.29) is 13.2 Å². The van der Waals surface area contributed by atoms with Crippen molar-refractivity contribution in [2.45, 2.75) is 26.7 Å². The van der Waals surface area contributed by atoms with Gasteiger partial charge in [-0.3, -0.25) is 0 Å². The van der Waals surface area contributed by atoms with Crippen LogP contribution in [0.4, 0.5) is 0 Å². The van der Waals surface area contributed by atoms with Crippen molar-refractivity contribution >= 4 is 0 Å². The van der Waals surface area contributed by atoms with Gasteiger partial charge < -0.3 is 10.2 Å².